The molecule has 0 atom stereocenters. The van der Waals surface area contributed by atoms with Gasteiger partial charge in [-0.15, -0.1) is 0 Å². The van der Waals surface area contributed by atoms with Crippen molar-refractivity contribution in [3.05, 3.63) is 83.9 Å². The number of hydrogen-bond acceptors (Lipinski definition) is 4. The van der Waals surface area contributed by atoms with Crippen LogP contribution in [0.5, 0.6) is 0 Å². The lowest BCUT2D eigenvalue weighted by molar-refractivity contribution is 0.135. The topological polar surface area (TPSA) is 66.9 Å². The summed E-state index contributed by atoms with van der Waals surface area (Å²) in [4.78, 5) is 14.6. The number of carbonyl (C=O) groups excluding carboxylic acids is 1. The third-order valence-electron chi connectivity index (χ3n) is 6.43. The second kappa shape index (κ2) is 8.65. The quantitative estimate of drug-likeness (QED) is 0.549. The van der Waals surface area contributed by atoms with Crippen molar-refractivity contribution in [3.8, 4) is 11.1 Å². The van der Waals surface area contributed by atoms with E-state index in [0.29, 0.717) is 30.8 Å². The van der Waals surface area contributed by atoms with E-state index in [1.165, 1.54) is 4.31 Å². The molecule has 0 spiro atoms. The highest BCUT2D eigenvalue weighted by Gasteiger charge is 2.37. The zero-order valence-corrected chi connectivity index (χ0v) is 19.3. The Bertz CT molecular complexity index is 1270. The molecule has 6 nitrogen and oxygen atoms in total. The zero-order chi connectivity index (χ0) is 23.0. The summed E-state index contributed by atoms with van der Waals surface area (Å²) >= 11 is 0. The summed E-state index contributed by atoms with van der Waals surface area (Å²) in [6.07, 6.45) is 0.761. The molecule has 0 bridgehead atoms. The number of carbonyl (C=O) groups is 1. The fraction of sp³-hybridized carbons (Fsp3) is 0.269. The van der Waals surface area contributed by atoms with E-state index in [9.17, 15) is 13.2 Å². The number of ether oxygens (including phenoxy) is 1. The van der Waals surface area contributed by atoms with Crippen LogP contribution in [0.15, 0.2) is 77.7 Å². The van der Waals surface area contributed by atoms with Gasteiger partial charge in [0, 0.05) is 24.7 Å². The van der Waals surface area contributed by atoms with E-state index in [4.69, 9.17) is 4.74 Å². The number of fused-ring (bicyclic) bond motifs is 1. The predicted octanol–water partition coefficient (Wildman–Crippen LogP) is 4.97. The molecule has 0 aromatic heterocycles. The maximum absolute atomic E-state index is 13.2. The number of anilines is 1. The van der Waals surface area contributed by atoms with E-state index >= 15 is 0 Å². The minimum absolute atomic E-state index is 0.0915. The van der Waals surface area contributed by atoms with Crippen LogP contribution in [0.1, 0.15) is 24.0 Å². The molecule has 170 valence electrons. The van der Waals surface area contributed by atoms with Crippen molar-refractivity contribution in [3.63, 3.8) is 0 Å². The molecule has 0 N–H and O–H groups in total. The van der Waals surface area contributed by atoms with Gasteiger partial charge in [-0.1, -0.05) is 60.2 Å². The molecule has 7 heteroatoms. The van der Waals surface area contributed by atoms with E-state index < -0.39 is 10.0 Å². The number of cyclic esters (lactones) is 1. The summed E-state index contributed by atoms with van der Waals surface area (Å²) in [5.74, 6) is 0. The second-order valence-corrected chi connectivity index (χ2v) is 10.5. The van der Waals surface area contributed by atoms with Crippen molar-refractivity contribution < 1.29 is 17.9 Å². The molecule has 3 aromatic rings. The minimum atomic E-state index is -3.60. The fourth-order valence-electron chi connectivity index (χ4n) is 4.66. The highest BCUT2D eigenvalue weighted by atomic mass is 32.2. The van der Waals surface area contributed by atoms with Gasteiger partial charge in [0.25, 0.3) is 0 Å². The Balaban J connectivity index is 1.30. The van der Waals surface area contributed by atoms with Crippen molar-refractivity contribution in [1.82, 2.24) is 4.31 Å². The zero-order valence-electron chi connectivity index (χ0n) is 18.5. The number of hydrogen-bond donors (Lipinski definition) is 0. The van der Waals surface area contributed by atoms with Gasteiger partial charge in [0.2, 0.25) is 10.0 Å². The monoisotopic (exact) mass is 462 g/mol. The third-order valence-corrected chi connectivity index (χ3v) is 8.34. The lowest BCUT2D eigenvalue weighted by Crippen LogP contribution is -2.50. The Hall–Kier alpha value is -3.16. The Morgan fingerprint density at radius 3 is 2.24 bits per heavy atom. The number of aryl methyl sites for hydroxylation is 1. The molecule has 1 fully saturated rings. The fourth-order valence-corrected chi connectivity index (χ4v) is 6.13. The standard InChI is InChI=1S/C26H26N2O4S/c1-19-7-12-25-22(17-19)18-32-26(29)28(25)23-13-15-27(16-14-23)33(30,31)24-10-8-21(9-11-24)20-5-3-2-4-6-20/h2-12,17,23H,13-16,18H2,1H3. The lowest BCUT2D eigenvalue weighted by Gasteiger charge is -2.39. The number of benzene rings is 3. The maximum Gasteiger partial charge on any atom is 0.414 e. The molecule has 0 aliphatic carbocycles. The molecule has 2 heterocycles. The average Bonchev–Trinajstić information content (AvgIpc) is 2.85. The average molecular weight is 463 g/mol. The molecular weight excluding hydrogens is 436 g/mol. The SMILES string of the molecule is Cc1ccc2c(c1)COC(=O)N2C1CCN(S(=O)(=O)c2ccc(-c3ccccc3)cc2)CC1. The smallest absolute Gasteiger partial charge is 0.414 e. The van der Waals surface area contributed by atoms with Gasteiger partial charge in [0.1, 0.15) is 6.61 Å². The normalized spacial score (nSPS) is 17.5. The van der Waals surface area contributed by atoms with Gasteiger partial charge >= 0.3 is 6.09 Å². The van der Waals surface area contributed by atoms with E-state index in [1.807, 2.05) is 67.6 Å². The molecule has 33 heavy (non-hydrogen) atoms. The summed E-state index contributed by atoms with van der Waals surface area (Å²) in [5.41, 5.74) is 5.00. The molecule has 0 unspecified atom stereocenters. The molecular formula is C26H26N2O4S. The molecule has 2 aliphatic rings. The largest absolute Gasteiger partial charge is 0.444 e. The molecule has 5 rings (SSSR count). The Morgan fingerprint density at radius 1 is 0.879 bits per heavy atom. The summed E-state index contributed by atoms with van der Waals surface area (Å²) < 4.78 is 33.4. The van der Waals surface area contributed by atoms with Crippen LogP contribution >= 0.6 is 0 Å². The lowest BCUT2D eigenvalue weighted by atomic mass is 10.0. The first-order valence-corrected chi connectivity index (χ1v) is 12.6. The number of amides is 1. The summed E-state index contributed by atoms with van der Waals surface area (Å²) in [6.45, 7) is 3.01. The Morgan fingerprint density at radius 2 is 1.55 bits per heavy atom. The van der Waals surface area contributed by atoms with Crippen LogP contribution in [-0.4, -0.2) is 37.9 Å². The van der Waals surface area contributed by atoms with Gasteiger partial charge in [-0.05, 0) is 49.1 Å². The highest BCUT2D eigenvalue weighted by molar-refractivity contribution is 7.89. The van der Waals surface area contributed by atoms with Gasteiger partial charge in [-0.2, -0.15) is 4.31 Å². The van der Waals surface area contributed by atoms with Crippen LogP contribution in [0.4, 0.5) is 10.5 Å². The maximum atomic E-state index is 13.2. The van der Waals surface area contributed by atoms with Gasteiger partial charge in [0.15, 0.2) is 0 Å². The first kappa shape index (κ1) is 21.7. The molecule has 0 radical (unpaired) electrons. The van der Waals surface area contributed by atoms with Gasteiger partial charge in [-0.3, -0.25) is 4.90 Å². The van der Waals surface area contributed by atoms with E-state index in [1.54, 1.807) is 17.0 Å². The van der Waals surface area contributed by atoms with E-state index in [2.05, 4.69) is 0 Å². The van der Waals surface area contributed by atoms with Crippen molar-refractivity contribution in [1.29, 1.82) is 0 Å². The first-order valence-electron chi connectivity index (χ1n) is 11.1. The van der Waals surface area contributed by atoms with E-state index in [0.717, 1.165) is 27.9 Å². The van der Waals surface area contributed by atoms with Gasteiger partial charge in [-0.25, -0.2) is 13.2 Å². The van der Waals surface area contributed by atoms with Crippen molar-refractivity contribution in [2.75, 3.05) is 18.0 Å². The Labute approximate surface area is 194 Å². The highest BCUT2D eigenvalue weighted by Crippen LogP contribution is 2.33. The van der Waals surface area contributed by atoms with Gasteiger partial charge in [0.05, 0.1) is 10.6 Å². The summed E-state index contributed by atoms with van der Waals surface area (Å²) in [7, 11) is -3.60. The molecule has 3 aromatic carbocycles. The number of piperidine rings is 1. The molecule has 1 amide bonds. The summed E-state index contributed by atoms with van der Waals surface area (Å²) in [5, 5.41) is 0. The van der Waals surface area contributed by atoms with Crippen molar-refractivity contribution >= 4 is 21.8 Å². The molecule has 1 saturated heterocycles. The van der Waals surface area contributed by atoms with Crippen LogP contribution < -0.4 is 4.90 Å². The van der Waals surface area contributed by atoms with Crippen LogP contribution in [-0.2, 0) is 21.4 Å². The van der Waals surface area contributed by atoms with Crippen LogP contribution in [0, 0.1) is 6.92 Å². The Kier molecular flexibility index (Phi) is 5.68. The second-order valence-electron chi connectivity index (χ2n) is 8.58. The van der Waals surface area contributed by atoms with Crippen LogP contribution in [0.2, 0.25) is 0 Å². The van der Waals surface area contributed by atoms with Crippen LogP contribution in [0.3, 0.4) is 0 Å². The summed E-state index contributed by atoms with van der Waals surface area (Å²) in [6, 6.07) is 22.8. The predicted molar refractivity (Wildman–Crippen MR) is 128 cm³/mol. The molecule has 2 aliphatic heterocycles. The van der Waals surface area contributed by atoms with Gasteiger partial charge < -0.3 is 4.74 Å². The number of sulfonamides is 1. The molecule has 0 saturated carbocycles. The number of nitrogens with zero attached hydrogens (tertiary/aromatic N) is 2. The first-order chi connectivity index (χ1) is 15.9. The van der Waals surface area contributed by atoms with Crippen LogP contribution in [0.25, 0.3) is 11.1 Å². The third kappa shape index (κ3) is 4.14. The van der Waals surface area contributed by atoms with E-state index in [-0.39, 0.29) is 18.7 Å². The number of rotatable bonds is 4. The minimum Gasteiger partial charge on any atom is -0.444 e. The van der Waals surface area contributed by atoms with Crippen molar-refractivity contribution in [2.24, 2.45) is 0 Å². The van der Waals surface area contributed by atoms with Crippen molar-refractivity contribution in [2.45, 2.75) is 37.3 Å².